The van der Waals surface area contributed by atoms with Crippen molar-refractivity contribution in [2.24, 2.45) is 11.8 Å². The van der Waals surface area contributed by atoms with Crippen molar-refractivity contribution >= 4 is 41.4 Å². The molecule has 2 fully saturated rings. The van der Waals surface area contributed by atoms with Crippen LogP contribution in [-0.2, 0) is 78.6 Å². The number of esters is 5. The number of ether oxygens (including phenoxy) is 8. The molecule has 0 saturated carbocycles. The van der Waals surface area contributed by atoms with Crippen molar-refractivity contribution in [2.45, 2.75) is 95.5 Å². The van der Waals surface area contributed by atoms with Crippen molar-refractivity contribution in [3.63, 3.8) is 0 Å². The molecule has 0 aliphatic carbocycles. The summed E-state index contributed by atoms with van der Waals surface area (Å²) in [6.45, 7) is 9.24. The third kappa shape index (κ3) is 8.63. The Balaban J connectivity index is 1.39. The fraction of sp³-hybridized carbons (Fsp3) is 0.476. The van der Waals surface area contributed by atoms with Crippen molar-refractivity contribution in [1.82, 2.24) is 4.90 Å². The van der Waals surface area contributed by atoms with Crippen LogP contribution < -0.4 is 5.32 Å². The Hall–Kier alpha value is -5.58. The van der Waals surface area contributed by atoms with E-state index in [-0.39, 0.29) is 17.9 Å². The molecule has 2 saturated heterocycles. The van der Waals surface area contributed by atoms with Crippen LogP contribution in [0.4, 0.5) is 5.69 Å². The zero-order valence-corrected chi connectivity index (χ0v) is 33.0. The number of hydrogen-bond donors (Lipinski definition) is 1. The van der Waals surface area contributed by atoms with Gasteiger partial charge in [-0.05, 0) is 30.0 Å². The Morgan fingerprint density at radius 3 is 2.19 bits per heavy atom. The van der Waals surface area contributed by atoms with Crippen LogP contribution in [0.5, 0.6) is 0 Å². The number of carbonyl (C=O) groups is 6. The maximum Gasteiger partial charge on any atom is 0.337 e. The van der Waals surface area contributed by atoms with Gasteiger partial charge in [0.05, 0.1) is 24.4 Å². The van der Waals surface area contributed by atoms with Crippen molar-refractivity contribution < 1.29 is 66.7 Å². The van der Waals surface area contributed by atoms with Gasteiger partial charge in [0.15, 0.2) is 18.3 Å². The van der Waals surface area contributed by atoms with Crippen LogP contribution in [0.1, 0.15) is 51.7 Å². The number of nitrogens with one attached hydrogen (secondary N) is 1. The number of para-hydroxylation sites is 1. The maximum atomic E-state index is 14.2. The Morgan fingerprint density at radius 2 is 1.53 bits per heavy atom. The summed E-state index contributed by atoms with van der Waals surface area (Å²) in [5.74, 6) is -5.45. The SMILES string of the molecule is C=C[C@H]1[C@H](O[C@H]2O[C@H](COC(C)=O)[C@@H](OC(C)=O)[C@H](OC(C)=O)[C@H]2OC(C)=O)OC=C(C(=O)OC)[C@H]1C[C@@H]1N(Cc2ccccc2)CC[C@]12C(=O)Nc1ccccc12. The molecule has 1 N–H and O–H groups in total. The molecule has 16 nitrogen and oxygen atoms in total. The number of amides is 1. The van der Waals surface area contributed by atoms with Crippen molar-refractivity contribution in [3.8, 4) is 0 Å². The van der Waals surface area contributed by atoms with E-state index < -0.39 is 96.7 Å². The molecule has 58 heavy (non-hydrogen) atoms. The van der Waals surface area contributed by atoms with Gasteiger partial charge >= 0.3 is 29.8 Å². The van der Waals surface area contributed by atoms with Crippen LogP contribution in [0.3, 0.4) is 0 Å². The Bertz CT molecular complexity index is 1930. The standard InChI is InChI=1S/C42H48N2O14/c1-7-28-29(19-34-42(31-15-11-12-16-32(31)43-41(42)50)17-18-44(34)20-27-13-9-8-10-14-27)30(38(49)51-6)21-53-39(28)58-40-37(56-26(5)48)36(55-25(4)47)35(54-24(3)46)33(57-40)22-52-23(2)45/h7-16,21,28-29,33-37,39-40H,1,17-20,22H2,2-6H3,(H,43,50)/t28-,29+,33-,34+,35-,36+,37-,39+,40-,42-/m1/s1. The first kappa shape index (κ1) is 42.0. The lowest BCUT2D eigenvalue weighted by molar-refractivity contribution is -0.342. The van der Waals surface area contributed by atoms with Gasteiger partial charge in [0.25, 0.3) is 0 Å². The van der Waals surface area contributed by atoms with E-state index in [0.29, 0.717) is 19.5 Å². The zero-order chi connectivity index (χ0) is 41.7. The topological polar surface area (TPSA) is 192 Å². The number of nitrogens with zero attached hydrogens (tertiary/aromatic N) is 1. The second-order valence-corrected chi connectivity index (χ2v) is 14.6. The molecule has 0 unspecified atom stereocenters. The molecule has 1 amide bonds. The summed E-state index contributed by atoms with van der Waals surface area (Å²) < 4.78 is 45.9. The maximum absolute atomic E-state index is 14.2. The van der Waals surface area contributed by atoms with Gasteiger partial charge < -0.3 is 43.2 Å². The number of methoxy groups -OCH3 is 1. The Labute approximate surface area is 335 Å². The van der Waals surface area contributed by atoms with Crippen LogP contribution in [0, 0.1) is 11.8 Å². The summed E-state index contributed by atoms with van der Waals surface area (Å²) in [6, 6.07) is 17.0. The number of carbonyl (C=O) groups excluding carboxylic acids is 6. The number of likely N-dealkylation sites (tertiary alicyclic amines) is 1. The monoisotopic (exact) mass is 804 g/mol. The largest absolute Gasteiger partial charge is 0.471 e. The van der Waals surface area contributed by atoms with Gasteiger partial charge in [-0.2, -0.15) is 0 Å². The molecule has 4 heterocycles. The fourth-order valence-electron chi connectivity index (χ4n) is 8.61. The van der Waals surface area contributed by atoms with Gasteiger partial charge in [-0.3, -0.25) is 28.9 Å². The highest BCUT2D eigenvalue weighted by molar-refractivity contribution is 6.07. The minimum Gasteiger partial charge on any atom is -0.471 e. The molecule has 0 bridgehead atoms. The first-order chi connectivity index (χ1) is 27.8. The van der Waals surface area contributed by atoms with E-state index in [1.165, 1.54) is 20.3 Å². The second kappa shape index (κ2) is 17.9. The first-order valence-corrected chi connectivity index (χ1v) is 19.0. The number of benzene rings is 2. The van der Waals surface area contributed by atoms with Crippen LogP contribution in [-0.4, -0.2) is 104 Å². The number of fused-ring (bicyclic) bond motifs is 2. The summed E-state index contributed by atoms with van der Waals surface area (Å²) in [6.07, 6.45) is -5.04. The molecule has 4 aliphatic heterocycles. The fourth-order valence-corrected chi connectivity index (χ4v) is 8.61. The van der Waals surface area contributed by atoms with E-state index in [1.807, 2.05) is 54.6 Å². The smallest absolute Gasteiger partial charge is 0.337 e. The molecule has 310 valence electrons. The van der Waals surface area contributed by atoms with E-state index >= 15 is 0 Å². The molecule has 6 rings (SSSR count). The molecular formula is C42H48N2O14. The van der Waals surface area contributed by atoms with Gasteiger partial charge in [0.1, 0.15) is 12.7 Å². The van der Waals surface area contributed by atoms with Gasteiger partial charge in [-0.25, -0.2) is 4.79 Å². The predicted molar refractivity (Wildman–Crippen MR) is 202 cm³/mol. The molecular weight excluding hydrogens is 756 g/mol. The average molecular weight is 805 g/mol. The first-order valence-electron chi connectivity index (χ1n) is 19.0. The van der Waals surface area contributed by atoms with E-state index in [0.717, 1.165) is 37.6 Å². The van der Waals surface area contributed by atoms with Crippen molar-refractivity contribution in [2.75, 3.05) is 25.6 Å². The van der Waals surface area contributed by atoms with E-state index in [2.05, 4.69) is 16.8 Å². The van der Waals surface area contributed by atoms with Crippen LogP contribution in [0.15, 0.2) is 79.1 Å². The normalized spacial score (nSPS) is 30.2. The van der Waals surface area contributed by atoms with E-state index in [9.17, 15) is 28.8 Å². The molecule has 0 radical (unpaired) electrons. The highest BCUT2D eigenvalue weighted by atomic mass is 16.8. The van der Waals surface area contributed by atoms with Crippen LogP contribution in [0.2, 0.25) is 0 Å². The van der Waals surface area contributed by atoms with E-state index in [1.54, 1.807) is 6.08 Å². The molecule has 2 aromatic carbocycles. The molecule has 16 heteroatoms. The Kier molecular flexibility index (Phi) is 13.0. The average Bonchev–Trinajstić information content (AvgIpc) is 3.68. The van der Waals surface area contributed by atoms with Crippen LogP contribution in [0.25, 0.3) is 0 Å². The predicted octanol–water partition coefficient (Wildman–Crippen LogP) is 3.47. The minimum atomic E-state index is -1.58. The highest BCUT2D eigenvalue weighted by Gasteiger charge is 2.60. The third-order valence-corrected chi connectivity index (χ3v) is 11.0. The summed E-state index contributed by atoms with van der Waals surface area (Å²) in [5, 5.41) is 3.09. The lowest BCUT2D eigenvalue weighted by atomic mass is 9.69. The molecule has 1 spiro atoms. The lowest BCUT2D eigenvalue weighted by Crippen LogP contribution is -2.63. The summed E-state index contributed by atoms with van der Waals surface area (Å²) in [5.41, 5.74) is 1.81. The zero-order valence-electron chi connectivity index (χ0n) is 33.0. The van der Waals surface area contributed by atoms with E-state index in [4.69, 9.17) is 37.9 Å². The van der Waals surface area contributed by atoms with Crippen molar-refractivity contribution in [1.29, 1.82) is 0 Å². The third-order valence-electron chi connectivity index (χ3n) is 11.0. The number of rotatable bonds is 13. The van der Waals surface area contributed by atoms with Crippen molar-refractivity contribution in [3.05, 3.63) is 90.2 Å². The van der Waals surface area contributed by atoms with Gasteiger partial charge in [0.2, 0.25) is 18.5 Å². The second-order valence-electron chi connectivity index (χ2n) is 14.6. The molecule has 10 atom stereocenters. The Morgan fingerprint density at radius 1 is 0.879 bits per heavy atom. The summed E-state index contributed by atoms with van der Waals surface area (Å²) >= 11 is 0. The molecule has 2 aromatic rings. The van der Waals surface area contributed by atoms with Crippen LogP contribution >= 0.6 is 0 Å². The summed E-state index contributed by atoms with van der Waals surface area (Å²) in [4.78, 5) is 79.1. The number of anilines is 1. The van der Waals surface area contributed by atoms with Gasteiger partial charge in [-0.1, -0.05) is 54.6 Å². The lowest BCUT2D eigenvalue weighted by Gasteiger charge is -2.46. The van der Waals surface area contributed by atoms with Gasteiger partial charge in [-0.15, -0.1) is 6.58 Å². The summed E-state index contributed by atoms with van der Waals surface area (Å²) in [7, 11) is 1.25. The van der Waals surface area contributed by atoms with Gasteiger partial charge in [0, 0.05) is 64.3 Å². The molecule has 4 aliphatic rings. The highest BCUT2D eigenvalue weighted by Crippen LogP contribution is 2.52. The molecule has 0 aromatic heterocycles. The minimum absolute atomic E-state index is 0.148. The number of hydrogen-bond acceptors (Lipinski definition) is 15. The quantitative estimate of drug-likeness (QED) is 0.176.